The normalized spacial score (nSPS) is 10.4. The molecule has 0 radical (unpaired) electrons. The first-order valence-corrected chi connectivity index (χ1v) is 8.63. The molecule has 0 aromatic heterocycles. The van der Waals surface area contributed by atoms with E-state index in [9.17, 15) is 4.79 Å². The Morgan fingerprint density at radius 3 is 2.13 bits per heavy atom. The predicted octanol–water partition coefficient (Wildman–Crippen LogP) is 4.88. The molecule has 0 bridgehead atoms. The molecule has 0 saturated heterocycles. The lowest BCUT2D eigenvalue weighted by Gasteiger charge is -2.23. The summed E-state index contributed by atoms with van der Waals surface area (Å²) >= 11 is 17.7. The molecular weight excluding hydrogens is 355 g/mol. The minimum atomic E-state index is -0.203. The summed E-state index contributed by atoms with van der Waals surface area (Å²) in [5.74, 6) is 0.836. The summed E-state index contributed by atoms with van der Waals surface area (Å²) in [7, 11) is 0. The van der Waals surface area contributed by atoms with Crippen LogP contribution in [0.4, 0.5) is 11.4 Å². The van der Waals surface area contributed by atoms with Crippen LogP contribution < -0.4 is 10.2 Å². The van der Waals surface area contributed by atoms with Gasteiger partial charge in [0.05, 0.1) is 10.7 Å². The topological polar surface area (TPSA) is 32.3 Å². The van der Waals surface area contributed by atoms with E-state index in [0.29, 0.717) is 41.1 Å². The van der Waals surface area contributed by atoms with Crippen molar-refractivity contribution in [3.63, 3.8) is 0 Å². The average molecular weight is 372 g/mol. The number of hydrogen-bond donors (Lipinski definition) is 1. The van der Waals surface area contributed by atoms with Crippen LogP contribution in [0, 0.1) is 0 Å². The number of alkyl halides is 2. The van der Waals surface area contributed by atoms with Crippen LogP contribution >= 0.6 is 34.8 Å². The molecule has 2 rings (SSSR count). The summed E-state index contributed by atoms with van der Waals surface area (Å²) in [6.45, 7) is 1.42. The van der Waals surface area contributed by atoms with Gasteiger partial charge in [-0.05, 0) is 36.4 Å². The second kappa shape index (κ2) is 9.02. The molecule has 6 heteroatoms. The van der Waals surface area contributed by atoms with Crippen LogP contribution in [-0.2, 0) is 0 Å². The molecule has 122 valence electrons. The highest BCUT2D eigenvalue weighted by Crippen LogP contribution is 2.22. The molecule has 0 unspecified atom stereocenters. The Labute approximate surface area is 151 Å². The first kappa shape index (κ1) is 17.9. The van der Waals surface area contributed by atoms with Crippen molar-refractivity contribution < 1.29 is 4.79 Å². The molecule has 0 aliphatic heterocycles. The van der Waals surface area contributed by atoms with Crippen LogP contribution in [0.2, 0.25) is 5.02 Å². The number of anilines is 2. The van der Waals surface area contributed by atoms with Crippen molar-refractivity contribution in [1.82, 2.24) is 0 Å². The highest BCUT2D eigenvalue weighted by Gasteiger charge is 2.10. The summed E-state index contributed by atoms with van der Waals surface area (Å²) in [6, 6.07) is 14.5. The van der Waals surface area contributed by atoms with E-state index >= 15 is 0 Å². The van der Waals surface area contributed by atoms with Gasteiger partial charge in [-0.1, -0.05) is 23.7 Å². The summed E-state index contributed by atoms with van der Waals surface area (Å²) in [4.78, 5) is 14.4. The number of nitrogens with one attached hydrogen (secondary N) is 1. The second-order valence-corrected chi connectivity index (χ2v) is 6.01. The Kier molecular flexibility index (Phi) is 7.03. The fraction of sp³-hybridized carbons (Fsp3) is 0.235. The largest absolute Gasteiger partial charge is 0.369 e. The Bertz CT molecular complexity index is 641. The van der Waals surface area contributed by atoms with Gasteiger partial charge in [-0.3, -0.25) is 4.79 Å². The van der Waals surface area contributed by atoms with Crippen molar-refractivity contribution in [2.45, 2.75) is 0 Å². The number of halogens is 3. The van der Waals surface area contributed by atoms with Crippen molar-refractivity contribution in [3.8, 4) is 0 Å². The molecule has 0 aliphatic rings. The van der Waals surface area contributed by atoms with E-state index in [2.05, 4.69) is 10.2 Å². The minimum Gasteiger partial charge on any atom is -0.369 e. The average Bonchev–Trinajstić information content (AvgIpc) is 2.57. The van der Waals surface area contributed by atoms with Gasteiger partial charge in [-0.25, -0.2) is 0 Å². The molecule has 2 aromatic carbocycles. The zero-order valence-corrected chi connectivity index (χ0v) is 14.7. The maximum Gasteiger partial charge on any atom is 0.255 e. The Morgan fingerprint density at radius 2 is 1.57 bits per heavy atom. The molecule has 0 atom stereocenters. The number of amides is 1. The number of carbonyl (C=O) groups excluding carboxylic acids is 1. The van der Waals surface area contributed by atoms with E-state index in [1.54, 1.807) is 24.3 Å². The van der Waals surface area contributed by atoms with E-state index in [1.807, 2.05) is 24.3 Å². The predicted molar refractivity (Wildman–Crippen MR) is 99.5 cm³/mol. The van der Waals surface area contributed by atoms with Gasteiger partial charge in [-0.15, -0.1) is 23.2 Å². The van der Waals surface area contributed by atoms with E-state index in [0.717, 1.165) is 5.69 Å². The number of nitrogens with zero attached hydrogens (tertiary/aromatic N) is 1. The van der Waals surface area contributed by atoms with E-state index in [1.165, 1.54) is 0 Å². The number of rotatable bonds is 7. The molecule has 0 heterocycles. The lowest BCUT2D eigenvalue weighted by atomic mass is 10.1. The van der Waals surface area contributed by atoms with Crippen LogP contribution in [0.15, 0.2) is 48.5 Å². The van der Waals surface area contributed by atoms with Crippen LogP contribution in [0.5, 0.6) is 0 Å². The monoisotopic (exact) mass is 370 g/mol. The van der Waals surface area contributed by atoms with Crippen LogP contribution in [-0.4, -0.2) is 30.8 Å². The Balaban J connectivity index is 2.09. The molecule has 3 nitrogen and oxygen atoms in total. The first-order chi connectivity index (χ1) is 11.2. The third-order valence-electron chi connectivity index (χ3n) is 3.33. The smallest absolute Gasteiger partial charge is 0.255 e. The highest BCUT2D eigenvalue weighted by atomic mass is 35.5. The summed E-state index contributed by atoms with van der Waals surface area (Å²) in [5, 5.41) is 3.31. The third-order valence-corrected chi connectivity index (χ3v) is 3.99. The number of benzene rings is 2. The van der Waals surface area contributed by atoms with Gasteiger partial charge >= 0.3 is 0 Å². The van der Waals surface area contributed by atoms with Crippen molar-refractivity contribution in [3.05, 3.63) is 59.1 Å². The highest BCUT2D eigenvalue weighted by molar-refractivity contribution is 6.33. The minimum absolute atomic E-state index is 0.203. The van der Waals surface area contributed by atoms with Crippen molar-refractivity contribution >= 4 is 52.1 Å². The van der Waals surface area contributed by atoms with E-state index < -0.39 is 0 Å². The van der Waals surface area contributed by atoms with Crippen molar-refractivity contribution in [1.29, 1.82) is 0 Å². The van der Waals surface area contributed by atoms with E-state index in [-0.39, 0.29) is 5.91 Å². The fourth-order valence-corrected chi connectivity index (χ4v) is 2.75. The number of hydrogen-bond acceptors (Lipinski definition) is 2. The zero-order chi connectivity index (χ0) is 16.7. The molecule has 1 amide bonds. The molecule has 23 heavy (non-hydrogen) atoms. The maximum absolute atomic E-state index is 12.3. The van der Waals surface area contributed by atoms with Gasteiger partial charge in [-0.2, -0.15) is 0 Å². The summed E-state index contributed by atoms with van der Waals surface area (Å²) in [6.07, 6.45) is 0. The molecule has 0 saturated carbocycles. The van der Waals surface area contributed by atoms with Crippen LogP contribution in [0.1, 0.15) is 10.4 Å². The first-order valence-electron chi connectivity index (χ1n) is 7.18. The summed E-state index contributed by atoms with van der Waals surface area (Å²) < 4.78 is 0. The Morgan fingerprint density at radius 1 is 0.957 bits per heavy atom. The van der Waals surface area contributed by atoms with Gasteiger partial charge in [0.15, 0.2) is 0 Å². The summed E-state index contributed by atoms with van der Waals surface area (Å²) in [5.41, 5.74) is 2.14. The number of para-hydroxylation sites is 1. The standard InChI is InChI=1S/C17H17Cl3N2O/c18-9-11-22(12-10-19)14-7-5-13(6-8-14)17(23)21-16-4-2-1-3-15(16)20/h1-8H,9-12H2,(H,21,23). The van der Waals surface area contributed by atoms with Crippen LogP contribution in [0.25, 0.3) is 0 Å². The SMILES string of the molecule is O=C(Nc1ccccc1Cl)c1ccc(N(CCCl)CCCl)cc1. The number of carbonyl (C=O) groups is 1. The van der Waals surface area contributed by atoms with Gasteiger partial charge in [0, 0.05) is 36.1 Å². The van der Waals surface area contributed by atoms with E-state index in [4.69, 9.17) is 34.8 Å². The lowest BCUT2D eigenvalue weighted by molar-refractivity contribution is 0.102. The molecule has 0 aliphatic carbocycles. The molecule has 0 fully saturated rings. The van der Waals surface area contributed by atoms with Gasteiger partial charge in [0.2, 0.25) is 0 Å². The molecular formula is C17H17Cl3N2O. The lowest BCUT2D eigenvalue weighted by Crippen LogP contribution is -2.27. The van der Waals surface area contributed by atoms with Gasteiger partial charge < -0.3 is 10.2 Å². The zero-order valence-electron chi connectivity index (χ0n) is 12.4. The van der Waals surface area contributed by atoms with Gasteiger partial charge in [0.1, 0.15) is 0 Å². The molecule has 2 aromatic rings. The fourth-order valence-electron chi connectivity index (χ4n) is 2.15. The van der Waals surface area contributed by atoms with Crippen LogP contribution in [0.3, 0.4) is 0 Å². The van der Waals surface area contributed by atoms with Gasteiger partial charge in [0.25, 0.3) is 5.91 Å². The molecule has 1 N–H and O–H groups in total. The third kappa shape index (κ3) is 5.03. The quantitative estimate of drug-likeness (QED) is 0.704. The maximum atomic E-state index is 12.3. The second-order valence-electron chi connectivity index (χ2n) is 4.85. The van der Waals surface area contributed by atoms with Crippen molar-refractivity contribution in [2.75, 3.05) is 35.1 Å². The Hall–Kier alpha value is -1.42. The molecule has 0 spiro atoms. The van der Waals surface area contributed by atoms with Crippen molar-refractivity contribution in [2.24, 2.45) is 0 Å².